The molecule has 0 saturated carbocycles. The molecule has 0 spiro atoms. The van der Waals surface area contributed by atoms with Gasteiger partial charge in [0.1, 0.15) is 19.3 Å². The van der Waals surface area contributed by atoms with Crippen molar-refractivity contribution in [2.45, 2.75) is 70.7 Å². The highest BCUT2D eigenvalue weighted by Gasteiger charge is 2.38. The lowest BCUT2D eigenvalue weighted by Crippen LogP contribution is -2.40. The van der Waals surface area contributed by atoms with Crippen LogP contribution < -0.4 is 5.46 Å². The summed E-state index contributed by atoms with van der Waals surface area (Å²) in [4.78, 5) is 27.5. The molecule has 208 valence electrons. The largest absolute Gasteiger partial charge is 0.458 e. The molecule has 12 heteroatoms. The number of carbonyl (C=O) groups excluding carboxylic acids is 2. The summed E-state index contributed by atoms with van der Waals surface area (Å²) in [5.41, 5.74) is -2.85. The minimum atomic E-state index is -4.83. The second-order valence-electron chi connectivity index (χ2n) is 10.1. The minimum absolute atomic E-state index is 0.00815. The van der Waals surface area contributed by atoms with E-state index in [2.05, 4.69) is 0 Å². The molecule has 1 fully saturated rings. The molecule has 5 nitrogen and oxygen atoms in total. The Morgan fingerprint density at radius 3 is 2.32 bits per heavy atom. The van der Waals surface area contributed by atoms with Crippen molar-refractivity contribution in [1.29, 1.82) is 0 Å². The first-order chi connectivity index (χ1) is 17.5. The van der Waals surface area contributed by atoms with Gasteiger partial charge < -0.3 is 14.5 Å². The van der Waals surface area contributed by atoms with Gasteiger partial charge in [-0.15, -0.1) is 0 Å². The zero-order valence-electron chi connectivity index (χ0n) is 21.7. The topological polar surface area (TPSA) is 49.9 Å². The van der Waals surface area contributed by atoms with Gasteiger partial charge in [0.2, 0.25) is 6.41 Å². The number of amides is 1. The molecule has 1 aromatic rings. The highest BCUT2D eigenvalue weighted by molar-refractivity contribution is 6.32. The third kappa shape index (κ3) is 8.92. The molecule has 1 aromatic carbocycles. The van der Waals surface area contributed by atoms with Crippen molar-refractivity contribution in [2.24, 2.45) is 0 Å². The molecule has 1 amide bonds. The van der Waals surface area contributed by atoms with Crippen molar-refractivity contribution in [1.82, 2.24) is 9.80 Å². The number of piperidine rings is 1. The first kappa shape index (κ1) is 31.5. The molecule has 1 aliphatic heterocycles. The summed E-state index contributed by atoms with van der Waals surface area (Å²) < 4.78 is 89.0. The first-order valence-corrected chi connectivity index (χ1v) is 12.0. The number of halogens is 6. The fourth-order valence-corrected chi connectivity index (χ4v) is 4.07. The molecule has 2 radical (unpaired) electrons. The number of nitrogens with zero attached hydrogens (tertiary/aromatic N) is 2. The van der Waals surface area contributed by atoms with E-state index in [0.717, 1.165) is 31.3 Å². The van der Waals surface area contributed by atoms with Crippen molar-refractivity contribution in [2.75, 3.05) is 19.6 Å². The van der Waals surface area contributed by atoms with Gasteiger partial charge in [0.05, 0.1) is 5.57 Å². The summed E-state index contributed by atoms with van der Waals surface area (Å²) in [6.07, 6.45) is -4.21. The average Bonchev–Trinajstić information content (AvgIpc) is 2.77. The number of esters is 1. The average molecular weight is 544 g/mol. The Bertz CT molecular complexity index is 1060. The van der Waals surface area contributed by atoms with Gasteiger partial charge in [0.15, 0.2) is 6.04 Å². The van der Waals surface area contributed by atoms with Crippen molar-refractivity contribution < 1.29 is 40.7 Å². The Morgan fingerprint density at radius 1 is 1.21 bits per heavy atom. The fraction of sp³-hybridized carbons (Fsp3) is 0.538. The van der Waals surface area contributed by atoms with Gasteiger partial charge in [-0.2, -0.15) is 13.2 Å². The van der Waals surface area contributed by atoms with Gasteiger partial charge in [0, 0.05) is 44.2 Å². The van der Waals surface area contributed by atoms with Crippen LogP contribution in [0.5, 0.6) is 0 Å². The van der Waals surface area contributed by atoms with E-state index < -0.39 is 53.9 Å². The zero-order chi connectivity index (χ0) is 28.9. The molecule has 1 aliphatic rings. The van der Waals surface area contributed by atoms with E-state index in [9.17, 15) is 35.9 Å². The molecule has 1 unspecified atom stereocenters. The van der Waals surface area contributed by atoms with Crippen LogP contribution in [0.1, 0.15) is 58.6 Å². The van der Waals surface area contributed by atoms with Crippen LogP contribution in [0.3, 0.4) is 0 Å². The molecule has 0 bridgehead atoms. The Hall–Kier alpha value is -2.76. The van der Waals surface area contributed by atoms with E-state index in [4.69, 9.17) is 12.6 Å². The van der Waals surface area contributed by atoms with Crippen molar-refractivity contribution >= 4 is 25.7 Å². The second-order valence-corrected chi connectivity index (χ2v) is 10.1. The zero-order valence-corrected chi connectivity index (χ0v) is 21.7. The molecule has 0 aromatic heterocycles. The Balaban J connectivity index is 2.55. The lowest BCUT2D eigenvalue weighted by Gasteiger charge is -2.32. The van der Waals surface area contributed by atoms with E-state index in [0.29, 0.717) is 4.90 Å². The predicted octanol–water partition coefficient (Wildman–Crippen LogP) is 4.97. The Kier molecular flexibility index (Phi) is 10.3. The summed E-state index contributed by atoms with van der Waals surface area (Å²) in [5.74, 6) is -4.84. The van der Waals surface area contributed by atoms with Gasteiger partial charge in [-0.3, -0.25) is 4.79 Å². The number of ether oxygens (including phenoxy) is 1. The Morgan fingerprint density at radius 2 is 1.82 bits per heavy atom. The van der Waals surface area contributed by atoms with Crippen molar-refractivity contribution in [3.05, 3.63) is 53.0 Å². The summed E-state index contributed by atoms with van der Waals surface area (Å²) in [7, 11) is 5.75. The van der Waals surface area contributed by atoms with Crippen LogP contribution in [-0.2, 0) is 14.3 Å². The summed E-state index contributed by atoms with van der Waals surface area (Å²) in [5, 5.41) is 0. The van der Waals surface area contributed by atoms with Gasteiger partial charge in [-0.05, 0) is 45.8 Å². The monoisotopic (exact) mass is 544 g/mol. The standard InChI is InChI=1S/C26H31BF6N2O3/c1-5-20(26(31,32)33)17(8-11-34-12-9-25(29,30)10-13-34)15-35(16-36)22(23(37)38-24(2,3)4)19-14-18(27)6-7-21(19)28/h5-7,14-16,22H,8-13H2,1-4H3/b17-15-,20-5+. The predicted molar refractivity (Wildman–Crippen MR) is 131 cm³/mol. The molecule has 38 heavy (non-hydrogen) atoms. The van der Waals surface area contributed by atoms with Gasteiger partial charge in [0.25, 0.3) is 5.92 Å². The highest BCUT2D eigenvalue weighted by Crippen LogP contribution is 2.35. The Labute approximate surface area is 219 Å². The number of benzene rings is 1. The number of alkyl halides is 5. The highest BCUT2D eigenvalue weighted by atomic mass is 19.4. The van der Waals surface area contributed by atoms with Gasteiger partial charge in [-0.25, -0.2) is 18.0 Å². The molecule has 1 saturated heterocycles. The van der Waals surface area contributed by atoms with Crippen molar-refractivity contribution in [3.8, 4) is 0 Å². The van der Waals surface area contributed by atoms with E-state index in [1.165, 1.54) is 26.8 Å². The molecular formula is C26H31BF6N2O3. The number of likely N-dealkylation sites (tertiary alicyclic amines) is 1. The van der Waals surface area contributed by atoms with Crippen LogP contribution in [0.15, 0.2) is 41.6 Å². The fourth-order valence-electron chi connectivity index (χ4n) is 4.07. The van der Waals surface area contributed by atoms with Crippen molar-refractivity contribution in [3.63, 3.8) is 0 Å². The lowest BCUT2D eigenvalue weighted by atomic mass is 9.91. The quantitative estimate of drug-likeness (QED) is 0.145. The van der Waals surface area contributed by atoms with E-state index in [-0.39, 0.29) is 49.1 Å². The summed E-state index contributed by atoms with van der Waals surface area (Å²) in [6.45, 7) is 5.74. The molecule has 2 rings (SSSR count). The maximum absolute atomic E-state index is 14.8. The third-order valence-electron chi connectivity index (χ3n) is 5.89. The maximum atomic E-state index is 14.8. The SMILES string of the molecule is [B]c1ccc(F)c(C(C(=O)OC(C)(C)C)N(C=O)/C=C(CCN2CCC(F)(F)CC2)\C(=C/C)C(F)(F)F)c1. The second kappa shape index (κ2) is 12.4. The molecule has 0 N–H and O–H groups in total. The first-order valence-electron chi connectivity index (χ1n) is 12.0. The number of carbonyl (C=O) groups is 2. The van der Waals surface area contributed by atoms with E-state index in [1.54, 1.807) is 4.90 Å². The van der Waals surface area contributed by atoms with Crippen LogP contribution in [-0.4, -0.2) is 67.4 Å². The van der Waals surface area contributed by atoms with Gasteiger partial charge >= 0.3 is 12.1 Å². The van der Waals surface area contributed by atoms with Crippen LogP contribution >= 0.6 is 0 Å². The lowest BCUT2D eigenvalue weighted by molar-refractivity contribution is -0.162. The number of hydrogen-bond acceptors (Lipinski definition) is 4. The molecular weight excluding hydrogens is 513 g/mol. The summed E-state index contributed by atoms with van der Waals surface area (Å²) in [6, 6.07) is 1.50. The van der Waals surface area contributed by atoms with Crippen LogP contribution in [0.4, 0.5) is 26.3 Å². The molecule has 0 aliphatic carbocycles. The normalized spacial score (nSPS) is 18.2. The van der Waals surface area contributed by atoms with E-state index in [1.807, 2.05) is 0 Å². The summed E-state index contributed by atoms with van der Waals surface area (Å²) >= 11 is 0. The number of allylic oxidation sites excluding steroid dienone is 2. The minimum Gasteiger partial charge on any atom is -0.458 e. The van der Waals surface area contributed by atoms with Crippen LogP contribution in [0.25, 0.3) is 0 Å². The third-order valence-corrected chi connectivity index (χ3v) is 5.89. The van der Waals surface area contributed by atoms with Crippen LogP contribution in [0, 0.1) is 5.82 Å². The van der Waals surface area contributed by atoms with Gasteiger partial charge in [-0.1, -0.05) is 23.7 Å². The van der Waals surface area contributed by atoms with Crippen LogP contribution in [0.2, 0.25) is 0 Å². The molecule has 1 atom stereocenters. The van der Waals surface area contributed by atoms with E-state index >= 15 is 0 Å². The smallest absolute Gasteiger partial charge is 0.416 e. The number of hydrogen-bond donors (Lipinski definition) is 0. The maximum Gasteiger partial charge on any atom is 0.416 e. The number of rotatable bonds is 9. The molecule has 1 heterocycles.